The van der Waals surface area contributed by atoms with Crippen molar-refractivity contribution in [1.82, 2.24) is 0 Å². The number of methoxy groups -OCH3 is 1. The Kier molecular flexibility index (Phi) is 6.63. The largest absolute Gasteiger partial charge is 0.549 e. The molecule has 2 aromatic rings. The smallest absolute Gasteiger partial charge is 0.185 e. The number of carbonyl (C=O) groups is 2. The fraction of sp³-hybridized carbons (Fsp3) is 0.222. The van der Waals surface area contributed by atoms with Crippen molar-refractivity contribution in [1.29, 1.82) is 0 Å². The Labute approximate surface area is 149 Å². The Bertz CT molecular complexity index is 762. The highest BCUT2D eigenvalue weighted by atomic mass is 32.2. The molecule has 0 saturated heterocycles. The molecule has 1 heterocycles. The van der Waals surface area contributed by atoms with Crippen molar-refractivity contribution in [3.05, 3.63) is 57.3 Å². The van der Waals surface area contributed by atoms with Crippen molar-refractivity contribution in [2.45, 2.75) is 12.7 Å². The van der Waals surface area contributed by atoms with Crippen LogP contribution in [0.2, 0.25) is 0 Å². The standard InChI is InChI=1S/C18H18O4S2/c1-12-7-8-24-17(12)6-4-15(19)13-3-5-16(22-2)14(9-13)10-23-11-18(20)21/h3-9H,10-11H2,1-2H3,(H,20,21)/p-1/b6-4+. The van der Waals surface area contributed by atoms with Gasteiger partial charge in [-0.2, -0.15) is 11.8 Å². The number of aryl methyl sites for hydroxylation is 1. The molecule has 126 valence electrons. The van der Waals surface area contributed by atoms with Crippen LogP contribution in [0.25, 0.3) is 6.08 Å². The monoisotopic (exact) mass is 361 g/mol. The Balaban J connectivity index is 2.14. The second-order valence-corrected chi connectivity index (χ2v) is 6.99. The molecule has 1 aromatic heterocycles. The minimum atomic E-state index is -1.11. The van der Waals surface area contributed by atoms with E-state index < -0.39 is 5.97 Å². The van der Waals surface area contributed by atoms with Gasteiger partial charge in [-0.25, -0.2) is 0 Å². The maximum atomic E-state index is 12.4. The van der Waals surface area contributed by atoms with Crippen molar-refractivity contribution in [3.63, 3.8) is 0 Å². The van der Waals surface area contributed by atoms with Gasteiger partial charge in [0.1, 0.15) is 5.75 Å². The highest BCUT2D eigenvalue weighted by molar-refractivity contribution is 7.99. The molecular weight excluding hydrogens is 344 g/mol. The summed E-state index contributed by atoms with van der Waals surface area (Å²) in [5.74, 6) is -0.238. The van der Waals surface area contributed by atoms with Gasteiger partial charge in [0.15, 0.2) is 5.78 Å². The zero-order chi connectivity index (χ0) is 17.5. The van der Waals surface area contributed by atoms with Crippen LogP contribution in [0.15, 0.2) is 35.7 Å². The fourth-order valence-corrected chi connectivity index (χ4v) is 3.63. The van der Waals surface area contributed by atoms with E-state index >= 15 is 0 Å². The highest BCUT2D eigenvalue weighted by Crippen LogP contribution is 2.25. The third-order valence-corrected chi connectivity index (χ3v) is 5.27. The predicted octanol–water partition coefficient (Wildman–Crippen LogP) is 2.94. The van der Waals surface area contributed by atoms with Crippen LogP contribution >= 0.6 is 23.1 Å². The van der Waals surface area contributed by atoms with Gasteiger partial charge >= 0.3 is 0 Å². The van der Waals surface area contributed by atoms with Gasteiger partial charge in [-0.1, -0.05) is 0 Å². The number of benzene rings is 1. The molecule has 0 spiro atoms. The first kappa shape index (κ1) is 18.3. The molecule has 24 heavy (non-hydrogen) atoms. The van der Waals surface area contributed by atoms with Gasteiger partial charge in [-0.3, -0.25) is 4.79 Å². The highest BCUT2D eigenvalue weighted by Gasteiger charge is 2.09. The van der Waals surface area contributed by atoms with Crippen LogP contribution in [-0.4, -0.2) is 24.6 Å². The van der Waals surface area contributed by atoms with Crippen LogP contribution in [0.1, 0.15) is 26.4 Å². The van der Waals surface area contributed by atoms with Crippen molar-refractivity contribution >= 4 is 40.9 Å². The first-order valence-corrected chi connectivity index (χ1v) is 9.25. The predicted molar refractivity (Wildman–Crippen MR) is 96.6 cm³/mol. The van der Waals surface area contributed by atoms with Gasteiger partial charge in [-0.15, -0.1) is 11.3 Å². The third kappa shape index (κ3) is 4.97. The number of ketones is 1. The molecule has 0 N–H and O–H groups in total. The molecule has 1 aromatic carbocycles. The first-order chi connectivity index (χ1) is 11.5. The van der Waals surface area contributed by atoms with Crippen molar-refractivity contribution in [2.75, 3.05) is 12.9 Å². The van der Waals surface area contributed by atoms with E-state index in [1.54, 1.807) is 42.7 Å². The number of carboxylic acids is 1. The number of hydrogen-bond donors (Lipinski definition) is 0. The SMILES string of the molecule is COc1ccc(C(=O)/C=C/c2sccc2C)cc1CSCC(=O)[O-]. The van der Waals surface area contributed by atoms with Gasteiger partial charge in [0.05, 0.1) is 13.1 Å². The molecule has 0 bridgehead atoms. The van der Waals surface area contributed by atoms with Crippen molar-refractivity contribution in [2.24, 2.45) is 0 Å². The van der Waals surface area contributed by atoms with E-state index in [4.69, 9.17) is 4.74 Å². The summed E-state index contributed by atoms with van der Waals surface area (Å²) in [6.45, 7) is 2.00. The lowest BCUT2D eigenvalue weighted by Crippen LogP contribution is -2.24. The van der Waals surface area contributed by atoms with Crippen LogP contribution in [0.3, 0.4) is 0 Å². The van der Waals surface area contributed by atoms with Gasteiger partial charge in [-0.05, 0) is 54.3 Å². The van der Waals surface area contributed by atoms with Gasteiger partial charge in [0.25, 0.3) is 0 Å². The van der Waals surface area contributed by atoms with E-state index in [0.717, 1.165) is 16.0 Å². The summed E-state index contributed by atoms with van der Waals surface area (Å²) in [5.41, 5.74) is 2.47. The average molecular weight is 361 g/mol. The summed E-state index contributed by atoms with van der Waals surface area (Å²) in [6, 6.07) is 7.19. The van der Waals surface area contributed by atoms with Crippen LogP contribution in [-0.2, 0) is 10.5 Å². The molecular formula is C18H17O4S2-. The summed E-state index contributed by atoms with van der Waals surface area (Å²) >= 11 is 2.79. The third-order valence-electron chi connectivity index (χ3n) is 3.33. The number of carboxylic acid groups (broad SMARTS) is 1. The number of thioether (sulfide) groups is 1. The lowest BCUT2D eigenvalue weighted by Gasteiger charge is -2.10. The topological polar surface area (TPSA) is 66.4 Å². The number of rotatable bonds is 8. The van der Waals surface area contributed by atoms with Crippen LogP contribution in [0.4, 0.5) is 0 Å². The minimum absolute atomic E-state index is 0.0983. The molecule has 0 unspecified atom stereocenters. The average Bonchev–Trinajstić information content (AvgIpc) is 2.97. The molecule has 6 heteroatoms. The quantitative estimate of drug-likeness (QED) is 0.534. The van der Waals surface area contributed by atoms with Crippen molar-refractivity contribution < 1.29 is 19.4 Å². The summed E-state index contributed by atoms with van der Waals surface area (Å²) < 4.78 is 5.27. The van der Waals surface area contributed by atoms with Crippen LogP contribution < -0.4 is 9.84 Å². The Morgan fingerprint density at radius 2 is 2.12 bits per heavy atom. The van der Waals surface area contributed by atoms with E-state index in [-0.39, 0.29) is 11.5 Å². The van der Waals surface area contributed by atoms with Crippen molar-refractivity contribution in [3.8, 4) is 5.75 Å². The molecule has 0 atom stereocenters. The lowest BCUT2D eigenvalue weighted by molar-refractivity contribution is -0.301. The summed E-state index contributed by atoms with van der Waals surface area (Å²) in [5, 5.41) is 12.5. The Morgan fingerprint density at radius 1 is 1.33 bits per heavy atom. The maximum Gasteiger partial charge on any atom is 0.185 e. The molecule has 0 aliphatic rings. The number of ether oxygens (including phenoxy) is 1. The second-order valence-electron chi connectivity index (χ2n) is 5.06. The molecule has 4 nitrogen and oxygen atoms in total. The molecule has 2 rings (SSSR count). The van der Waals surface area contributed by atoms with Crippen LogP contribution in [0, 0.1) is 6.92 Å². The van der Waals surface area contributed by atoms with Crippen LogP contribution in [0.5, 0.6) is 5.75 Å². The fourth-order valence-electron chi connectivity index (χ4n) is 2.09. The Morgan fingerprint density at radius 3 is 2.75 bits per heavy atom. The summed E-state index contributed by atoms with van der Waals surface area (Å²) in [6.07, 6.45) is 3.37. The molecule has 0 aliphatic heterocycles. The zero-order valence-corrected chi connectivity index (χ0v) is 15.0. The molecule has 0 fully saturated rings. The molecule has 0 amide bonds. The van der Waals surface area contributed by atoms with E-state index in [2.05, 4.69) is 0 Å². The number of hydrogen-bond acceptors (Lipinski definition) is 6. The zero-order valence-electron chi connectivity index (χ0n) is 13.4. The van der Waals surface area contributed by atoms with E-state index in [1.165, 1.54) is 11.8 Å². The lowest BCUT2D eigenvalue weighted by atomic mass is 10.1. The minimum Gasteiger partial charge on any atom is -0.549 e. The number of aliphatic carboxylic acids is 1. The Hall–Kier alpha value is -2.05. The molecule has 0 aliphatic carbocycles. The summed E-state index contributed by atoms with van der Waals surface area (Å²) in [4.78, 5) is 23.9. The van der Waals surface area contributed by atoms with E-state index in [9.17, 15) is 14.7 Å². The maximum absolute atomic E-state index is 12.4. The number of thiophene rings is 1. The van der Waals surface area contributed by atoms with Gasteiger partial charge in [0, 0.05) is 27.5 Å². The first-order valence-electron chi connectivity index (χ1n) is 7.22. The number of allylic oxidation sites excluding steroid dienone is 1. The summed E-state index contributed by atoms with van der Waals surface area (Å²) in [7, 11) is 1.54. The molecule has 0 saturated carbocycles. The van der Waals surface area contributed by atoms with E-state index in [0.29, 0.717) is 17.1 Å². The molecule has 0 radical (unpaired) electrons. The van der Waals surface area contributed by atoms with Gasteiger partial charge in [0.2, 0.25) is 0 Å². The van der Waals surface area contributed by atoms with E-state index in [1.807, 2.05) is 24.4 Å². The number of carbonyl (C=O) groups excluding carboxylic acids is 2. The van der Waals surface area contributed by atoms with Gasteiger partial charge < -0.3 is 14.6 Å². The normalized spacial score (nSPS) is 10.9. The second kappa shape index (κ2) is 8.70.